The molecule has 0 fully saturated rings. The zero-order chi connectivity index (χ0) is 13.8. The van der Waals surface area contributed by atoms with Crippen molar-refractivity contribution >= 4 is 17.4 Å². The van der Waals surface area contributed by atoms with Gasteiger partial charge in [0.1, 0.15) is 0 Å². The Hall–Kier alpha value is -2.29. The molecule has 0 aromatic heterocycles. The predicted octanol–water partition coefficient (Wildman–Crippen LogP) is 4.26. The molecule has 0 heterocycles. The van der Waals surface area contributed by atoms with Gasteiger partial charge in [-0.25, -0.2) is 4.79 Å². The van der Waals surface area contributed by atoms with Gasteiger partial charge in [0.15, 0.2) is 0 Å². The molecule has 0 saturated carbocycles. The number of carbonyl (C=O) groups excluding carboxylic acids is 1. The zero-order valence-electron chi connectivity index (χ0n) is 11.4. The summed E-state index contributed by atoms with van der Waals surface area (Å²) in [5.74, 6) is 0. The zero-order valence-corrected chi connectivity index (χ0v) is 11.4. The number of carbonyl (C=O) groups is 1. The Morgan fingerprint density at radius 2 is 1.58 bits per heavy atom. The van der Waals surface area contributed by atoms with E-state index in [1.165, 1.54) is 5.56 Å². The standard InChI is InChI=1S/C16H18N2O/c1-11-7-9-14(10-8-11)17-16(19)18-15-6-4-5-12(2)13(15)3/h4-10H,1-3H3,(H2,17,18,19). The molecule has 3 heteroatoms. The van der Waals surface area contributed by atoms with Crippen LogP contribution in [0.3, 0.4) is 0 Å². The highest BCUT2D eigenvalue weighted by atomic mass is 16.2. The minimum atomic E-state index is -0.224. The van der Waals surface area contributed by atoms with Gasteiger partial charge in [-0.2, -0.15) is 0 Å². The van der Waals surface area contributed by atoms with Gasteiger partial charge in [0, 0.05) is 11.4 Å². The molecule has 0 aliphatic carbocycles. The van der Waals surface area contributed by atoms with Gasteiger partial charge < -0.3 is 10.6 Å². The summed E-state index contributed by atoms with van der Waals surface area (Å²) in [4.78, 5) is 11.9. The van der Waals surface area contributed by atoms with Gasteiger partial charge in [-0.15, -0.1) is 0 Å². The molecule has 0 radical (unpaired) electrons. The third-order valence-electron chi connectivity index (χ3n) is 3.16. The molecular formula is C16H18N2O. The quantitative estimate of drug-likeness (QED) is 0.826. The normalized spacial score (nSPS) is 10.1. The number of anilines is 2. The molecule has 0 saturated heterocycles. The van der Waals surface area contributed by atoms with E-state index >= 15 is 0 Å². The van der Waals surface area contributed by atoms with Crippen molar-refractivity contribution in [1.29, 1.82) is 0 Å². The first-order chi connectivity index (χ1) is 9.06. The van der Waals surface area contributed by atoms with E-state index in [0.29, 0.717) is 0 Å². The second kappa shape index (κ2) is 5.57. The number of urea groups is 1. The predicted molar refractivity (Wildman–Crippen MR) is 79.7 cm³/mol. The van der Waals surface area contributed by atoms with Crippen LogP contribution in [-0.2, 0) is 0 Å². The third kappa shape index (κ3) is 3.35. The van der Waals surface area contributed by atoms with Gasteiger partial charge in [0.2, 0.25) is 0 Å². The third-order valence-corrected chi connectivity index (χ3v) is 3.16. The average molecular weight is 254 g/mol. The van der Waals surface area contributed by atoms with E-state index in [0.717, 1.165) is 22.5 Å². The Morgan fingerprint density at radius 3 is 2.26 bits per heavy atom. The van der Waals surface area contributed by atoms with E-state index in [1.807, 2.05) is 63.2 Å². The Bertz CT molecular complexity index is 588. The lowest BCUT2D eigenvalue weighted by atomic mass is 10.1. The summed E-state index contributed by atoms with van der Waals surface area (Å²) < 4.78 is 0. The van der Waals surface area contributed by atoms with Crippen LogP contribution < -0.4 is 10.6 Å². The highest BCUT2D eigenvalue weighted by Gasteiger charge is 2.05. The van der Waals surface area contributed by atoms with Crippen LogP contribution >= 0.6 is 0 Å². The molecule has 0 aliphatic rings. The van der Waals surface area contributed by atoms with Crippen LogP contribution in [0.1, 0.15) is 16.7 Å². The second-order valence-corrected chi connectivity index (χ2v) is 4.69. The van der Waals surface area contributed by atoms with Crippen LogP contribution in [-0.4, -0.2) is 6.03 Å². The molecule has 2 aromatic carbocycles. The van der Waals surface area contributed by atoms with Crippen molar-refractivity contribution in [3.8, 4) is 0 Å². The van der Waals surface area contributed by atoms with Gasteiger partial charge in [-0.3, -0.25) is 0 Å². The summed E-state index contributed by atoms with van der Waals surface area (Å²) >= 11 is 0. The summed E-state index contributed by atoms with van der Waals surface area (Å²) in [5.41, 5.74) is 5.04. The maximum atomic E-state index is 11.9. The van der Waals surface area contributed by atoms with E-state index in [9.17, 15) is 4.79 Å². The molecule has 98 valence electrons. The molecule has 2 N–H and O–H groups in total. The summed E-state index contributed by atoms with van der Waals surface area (Å²) in [6.07, 6.45) is 0. The van der Waals surface area contributed by atoms with Gasteiger partial charge in [-0.1, -0.05) is 29.8 Å². The molecule has 0 bridgehead atoms. The van der Waals surface area contributed by atoms with Crippen molar-refractivity contribution in [3.05, 3.63) is 59.2 Å². The van der Waals surface area contributed by atoms with Gasteiger partial charge in [0.05, 0.1) is 0 Å². The molecule has 0 atom stereocenters. The van der Waals surface area contributed by atoms with E-state index < -0.39 is 0 Å². The maximum absolute atomic E-state index is 11.9. The molecule has 0 spiro atoms. The SMILES string of the molecule is Cc1ccc(NC(=O)Nc2cccc(C)c2C)cc1. The summed E-state index contributed by atoms with van der Waals surface area (Å²) in [6, 6.07) is 13.3. The fourth-order valence-corrected chi connectivity index (χ4v) is 1.81. The van der Waals surface area contributed by atoms with Crippen molar-refractivity contribution in [3.63, 3.8) is 0 Å². The van der Waals surface area contributed by atoms with Gasteiger partial charge in [0.25, 0.3) is 0 Å². The van der Waals surface area contributed by atoms with E-state index in [2.05, 4.69) is 10.6 Å². The number of hydrogen-bond acceptors (Lipinski definition) is 1. The lowest BCUT2D eigenvalue weighted by molar-refractivity contribution is 0.262. The lowest BCUT2D eigenvalue weighted by Gasteiger charge is -2.11. The highest BCUT2D eigenvalue weighted by molar-refractivity contribution is 6.00. The number of amides is 2. The van der Waals surface area contributed by atoms with Crippen LogP contribution in [0.25, 0.3) is 0 Å². The number of nitrogens with one attached hydrogen (secondary N) is 2. The first-order valence-corrected chi connectivity index (χ1v) is 6.27. The Balaban J connectivity index is 2.05. The van der Waals surface area contributed by atoms with Crippen molar-refractivity contribution < 1.29 is 4.79 Å². The first kappa shape index (κ1) is 13.1. The summed E-state index contributed by atoms with van der Waals surface area (Å²) in [6.45, 7) is 6.04. The van der Waals surface area contributed by atoms with E-state index in [4.69, 9.17) is 0 Å². The van der Waals surface area contributed by atoms with Crippen molar-refractivity contribution in [2.45, 2.75) is 20.8 Å². The summed E-state index contributed by atoms with van der Waals surface area (Å²) in [5, 5.41) is 5.68. The molecule has 3 nitrogen and oxygen atoms in total. The van der Waals surface area contributed by atoms with Crippen molar-refractivity contribution in [2.75, 3.05) is 10.6 Å². The molecule has 0 aliphatic heterocycles. The molecular weight excluding hydrogens is 236 g/mol. The van der Waals surface area contributed by atoms with E-state index in [-0.39, 0.29) is 6.03 Å². The Morgan fingerprint density at radius 1 is 0.895 bits per heavy atom. The fraction of sp³-hybridized carbons (Fsp3) is 0.188. The van der Waals surface area contributed by atoms with Crippen molar-refractivity contribution in [2.24, 2.45) is 0 Å². The van der Waals surface area contributed by atoms with Gasteiger partial charge in [-0.05, 0) is 50.1 Å². The minimum Gasteiger partial charge on any atom is -0.308 e. The largest absolute Gasteiger partial charge is 0.323 e. The van der Waals surface area contributed by atoms with Crippen LogP contribution in [0.2, 0.25) is 0 Å². The molecule has 2 amide bonds. The monoisotopic (exact) mass is 254 g/mol. The van der Waals surface area contributed by atoms with Gasteiger partial charge >= 0.3 is 6.03 Å². The minimum absolute atomic E-state index is 0.224. The maximum Gasteiger partial charge on any atom is 0.323 e. The number of hydrogen-bond donors (Lipinski definition) is 2. The topological polar surface area (TPSA) is 41.1 Å². The van der Waals surface area contributed by atoms with Crippen molar-refractivity contribution in [1.82, 2.24) is 0 Å². The second-order valence-electron chi connectivity index (χ2n) is 4.69. The van der Waals surface area contributed by atoms with Crippen LogP contribution in [0.15, 0.2) is 42.5 Å². The molecule has 19 heavy (non-hydrogen) atoms. The average Bonchev–Trinajstić information content (AvgIpc) is 2.38. The molecule has 2 rings (SSSR count). The summed E-state index contributed by atoms with van der Waals surface area (Å²) in [7, 11) is 0. The first-order valence-electron chi connectivity index (χ1n) is 6.27. The number of aryl methyl sites for hydroxylation is 2. The Labute approximate surface area is 113 Å². The lowest BCUT2D eigenvalue weighted by Crippen LogP contribution is -2.20. The van der Waals surface area contributed by atoms with Crippen LogP contribution in [0.4, 0.5) is 16.2 Å². The highest BCUT2D eigenvalue weighted by Crippen LogP contribution is 2.18. The fourth-order valence-electron chi connectivity index (χ4n) is 1.81. The number of rotatable bonds is 2. The molecule has 0 unspecified atom stereocenters. The van der Waals surface area contributed by atoms with Crippen LogP contribution in [0.5, 0.6) is 0 Å². The van der Waals surface area contributed by atoms with E-state index in [1.54, 1.807) is 0 Å². The molecule has 2 aromatic rings. The van der Waals surface area contributed by atoms with Crippen LogP contribution in [0, 0.1) is 20.8 Å². The number of benzene rings is 2. The Kier molecular flexibility index (Phi) is 3.85. The smallest absolute Gasteiger partial charge is 0.308 e.